The van der Waals surface area contributed by atoms with Crippen LogP contribution in [0.1, 0.15) is 17.9 Å². The van der Waals surface area contributed by atoms with Gasteiger partial charge in [-0.05, 0) is 25.5 Å². The first kappa shape index (κ1) is 14.5. The predicted octanol–water partition coefficient (Wildman–Crippen LogP) is 1.60. The second kappa shape index (κ2) is 6.21. The minimum absolute atomic E-state index is 0.797. The van der Waals surface area contributed by atoms with Crippen molar-refractivity contribution in [1.29, 1.82) is 0 Å². The summed E-state index contributed by atoms with van der Waals surface area (Å²) in [6.45, 7) is 6.99. The zero-order chi connectivity index (χ0) is 15.6. The molecule has 4 heterocycles. The van der Waals surface area contributed by atoms with Crippen LogP contribution in [0.15, 0.2) is 23.0 Å². The van der Waals surface area contributed by atoms with Crippen molar-refractivity contribution in [3.8, 4) is 0 Å². The van der Waals surface area contributed by atoms with Crippen LogP contribution in [-0.4, -0.2) is 55.9 Å². The van der Waals surface area contributed by atoms with Gasteiger partial charge in [0.25, 0.3) is 0 Å². The first-order valence-electron chi connectivity index (χ1n) is 7.83. The molecule has 0 radical (unpaired) electrons. The van der Waals surface area contributed by atoms with E-state index < -0.39 is 0 Å². The van der Waals surface area contributed by atoms with Crippen molar-refractivity contribution in [1.82, 2.24) is 29.7 Å². The van der Waals surface area contributed by atoms with E-state index in [9.17, 15) is 0 Å². The molecule has 3 aromatic rings. The van der Waals surface area contributed by atoms with Gasteiger partial charge < -0.3 is 4.90 Å². The maximum absolute atomic E-state index is 4.69. The number of hydrogen-bond acceptors (Lipinski definition) is 7. The van der Waals surface area contributed by atoms with Gasteiger partial charge in [-0.25, -0.2) is 4.98 Å². The number of thiazole rings is 1. The molecule has 0 atom stereocenters. The fourth-order valence-electron chi connectivity index (χ4n) is 2.96. The Morgan fingerprint density at radius 1 is 1.13 bits per heavy atom. The normalized spacial score (nSPS) is 16.8. The standard InChI is InChI=1S/C15H19N7S/c1-12-17-18-14-3-4-15(19-22(12)14)21-6-2-5-20(7-8-21)9-13-10-23-11-16-13/h3-4,10-11H,2,5-9H2,1H3. The molecule has 3 aromatic heterocycles. The highest BCUT2D eigenvalue weighted by Crippen LogP contribution is 2.16. The number of anilines is 1. The summed E-state index contributed by atoms with van der Waals surface area (Å²) in [7, 11) is 0. The van der Waals surface area contributed by atoms with E-state index in [4.69, 9.17) is 0 Å². The van der Waals surface area contributed by atoms with Crippen LogP contribution in [0.4, 0.5) is 5.82 Å². The van der Waals surface area contributed by atoms with Gasteiger partial charge in [-0.1, -0.05) is 0 Å². The largest absolute Gasteiger partial charge is 0.354 e. The Bertz CT molecular complexity index is 782. The fourth-order valence-corrected chi connectivity index (χ4v) is 3.51. The Labute approximate surface area is 138 Å². The Hall–Kier alpha value is -2.06. The molecule has 0 saturated carbocycles. The van der Waals surface area contributed by atoms with E-state index in [1.165, 1.54) is 5.69 Å². The van der Waals surface area contributed by atoms with Crippen molar-refractivity contribution in [2.75, 3.05) is 31.1 Å². The third-order valence-electron chi connectivity index (χ3n) is 4.19. The molecule has 7 nitrogen and oxygen atoms in total. The van der Waals surface area contributed by atoms with Crippen LogP contribution in [0.3, 0.4) is 0 Å². The summed E-state index contributed by atoms with van der Waals surface area (Å²) in [6, 6.07) is 4.03. The molecule has 120 valence electrons. The second-order valence-electron chi connectivity index (χ2n) is 5.81. The number of fused-ring (bicyclic) bond motifs is 1. The minimum atomic E-state index is 0.797. The highest BCUT2D eigenvalue weighted by molar-refractivity contribution is 7.07. The van der Waals surface area contributed by atoms with Gasteiger partial charge in [-0.2, -0.15) is 4.52 Å². The van der Waals surface area contributed by atoms with Gasteiger partial charge in [0, 0.05) is 38.1 Å². The van der Waals surface area contributed by atoms with Crippen LogP contribution in [-0.2, 0) is 6.54 Å². The smallest absolute Gasteiger partial charge is 0.178 e. The van der Waals surface area contributed by atoms with Gasteiger partial charge in [-0.15, -0.1) is 26.6 Å². The lowest BCUT2D eigenvalue weighted by Gasteiger charge is -2.22. The number of rotatable bonds is 3. The lowest BCUT2D eigenvalue weighted by molar-refractivity contribution is 0.282. The molecule has 8 heteroatoms. The molecular weight excluding hydrogens is 310 g/mol. The highest BCUT2D eigenvalue weighted by atomic mass is 32.1. The maximum Gasteiger partial charge on any atom is 0.178 e. The average molecular weight is 329 g/mol. The van der Waals surface area contributed by atoms with E-state index in [0.29, 0.717) is 0 Å². The molecule has 4 rings (SSSR count). The molecule has 0 aromatic carbocycles. The monoisotopic (exact) mass is 329 g/mol. The summed E-state index contributed by atoms with van der Waals surface area (Å²) >= 11 is 1.66. The van der Waals surface area contributed by atoms with Crippen LogP contribution in [0.2, 0.25) is 0 Å². The number of hydrogen-bond donors (Lipinski definition) is 0. The zero-order valence-electron chi connectivity index (χ0n) is 13.1. The third-order valence-corrected chi connectivity index (χ3v) is 4.82. The van der Waals surface area contributed by atoms with Crippen molar-refractivity contribution in [2.45, 2.75) is 19.9 Å². The van der Waals surface area contributed by atoms with Gasteiger partial charge in [0.2, 0.25) is 0 Å². The van der Waals surface area contributed by atoms with Gasteiger partial charge >= 0.3 is 0 Å². The van der Waals surface area contributed by atoms with E-state index in [1.54, 1.807) is 11.3 Å². The first-order valence-corrected chi connectivity index (χ1v) is 8.77. The highest BCUT2D eigenvalue weighted by Gasteiger charge is 2.17. The Kier molecular flexibility index (Phi) is 3.92. The Morgan fingerprint density at radius 2 is 2.09 bits per heavy atom. The summed E-state index contributed by atoms with van der Waals surface area (Å²) in [5.41, 5.74) is 3.87. The number of nitrogens with zero attached hydrogens (tertiary/aromatic N) is 7. The molecule has 23 heavy (non-hydrogen) atoms. The van der Waals surface area contributed by atoms with Crippen molar-refractivity contribution in [3.05, 3.63) is 34.5 Å². The van der Waals surface area contributed by atoms with Crippen molar-refractivity contribution < 1.29 is 0 Å². The molecule has 0 unspecified atom stereocenters. The number of aryl methyl sites for hydroxylation is 1. The molecular formula is C15H19N7S. The van der Waals surface area contributed by atoms with E-state index >= 15 is 0 Å². The lowest BCUT2D eigenvalue weighted by atomic mass is 10.3. The Morgan fingerprint density at radius 3 is 2.96 bits per heavy atom. The maximum atomic E-state index is 4.69. The molecule has 1 fully saturated rings. The quantitative estimate of drug-likeness (QED) is 0.727. The van der Waals surface area contributed by atoms with E-state index in [0.717, 1.165) is 56.4 Å². The average Bonchev–Trinajstić information content (AvgIpc) is 3.13. The lowest BCUT2D eigenvalue weighted by Crippen LogP contribution is -2.31. The molecule has 1 aliphatic rings. The third kappa shape index (κ3) is 3.04. The molecule has 1 aliphatic heterocycles. The summed E-state index contributed by atoms with van der Waals surface area (Å²) < 4.78 is 1.81. The summed E-state index contributed by atoms with van der Waals surface area (Å²) in [5.74, 6) is 1.82. The van der Waals surface area contributed by atoms with Crippen LogP contribution in [0.25, 0.3) is 5.65 Å². The molecule has 0 spiro atoms. The fraction of sp³-hybridized carbons (Fsp3) is 0.467. The topological polar surface area (TPSA) is 62.5 Å². The van der Waals surface area contributed by atoms with E-state index in [-0.39, 0.29) is 0 Å². The van der Waals surface area contributed by atoms with Gasteiger partial charge in [0.1, 0.15) is 5.82 Å². The van der Waals surface area contributed by atoms with Crippen LogP contribution in [0, 0.1) is 6.92 Å². The van der Waals surface area contributed by atoms with Crippen LogP contribution >= 0.6 is 11.3 Å². The van der Waals surface area contributed by atoms with E-state index in [1.807, 2.05) is 29.1 Å². The summed E-state index contributed by atoms with van der Waals surface area (Å²) in [4.78, 5) is 9.21. The predicted molar refractivity (Wildman–Crippen MR) is 89.7 cm³/mol. The molecule has 1 saturated heterocycles. The van der Waals surface area contributed by atoms with Crippen LogP contribution < -0.4 is 4.90 Å². The minimum Gasteiger partial charge on any atom is -0.354 e. The molecule has 0 N–H and O–H groups in total. The molecule has 0 aliphatic carbocycles. The molecule has 0 amide bonds. The first-order chi connectivity index (χ1) is 11.3. The van der Waals surface area contributed by atoms with Crippen molar-refractivity contribution in [3.63, 3.8) is 0 Å². The van der Waals surface area contributed by atoms with Crippen molar-refractivity contribution in [2.24, 2.45) is 0 Å². The summed E-state index contributed by atoms with van der Waals surface area (Å²) in [5, 5.41) is 15.0. The zero-order valence-corrected chi connectivity index (χ0v) is 13.9. The van der Waals surface area contributed by atoms with Gasteiger partial charge in [0.15, 0.2) is 11.5 Å². The van der Waals surface area contributed by atoms with Crippen LogP contribution in [0.5, 0.6) is 0 Å². The second-order valence-corrected chi connectivity index (χ2v) is 6.52. The van der Waals surface area contributed by atoms with Gasteiger partial charge in [-0.3, -0.25) is 4.90 Å². The summed E-state index contributed by atoms with van der Waals surface area (Å²) in [6.07, 6.45) is 1.13. The Balaban J connectivity index is 1.47. The van der Waals surface area contributed by atoms with Crippen molar-refractivity contribution >= 4 is 22.8 Å². The number of aromatic nitrogens is 5. The SMILES string of the molecule is Cc1nnc2ccc(N3CCCN(Cc4cscn4)CC3)nn12. The molecule has 0 bridgehead atoms. The van der Waals surface area contributed by atoms with E-state index in [2.05, 4.69) is 35.5 Å². The van der Waals surface area contributed by atoms with Gasteiger partial charge in [0.05, 0.1) is 11.2 Å².